The maximum Gasteiger partial charge on any atom is -0.0241 e. The third kappa shape index (κ3) is 3.79. The largest absolute Gasteiger partial charge is 0.0533 e. The minimum Gasteiger partial charge on any atom is -0.0533 e. The summed E-state index contributed by atoms with van der Waals surface area (Å²) in [6.07, 6.45) is 12.5. The van der Waals surface area contributed by atoms with Crippen LogP contribution in [0, 0.1) is 12.8 Å². The molecule has 11 heavy (non-hydrogen) atoms. The molecule has 0 saturated heterocycles. The van der Waals surface area contributed by atoms with E-state index in [0.29, 0.717) is 0 Å². The van der Waals surface area contributed by atoms with Gasteiger partial charge in [-0.3, -0.25) is 0 Å². The molecule has 1 rings (SSSR count). The monoisotopic (exact) mass is 152 g/mol. The fraction of sp³-hybridized carbons (Fsp3) is 0.818. The average Bonchev–Trinajstić information content (AvgIpc) is 1.93. The molecular formula is C11H20. The van der Waals surface area contributed by atoms with Crippen LogP contribution in [0.1, 0.15) is 57.8 Å². The van der Waals surface area contributed by atoms with Gasteiger partial charge in [-0.2, -0.15) is 0 Å². The lowest BCUT2D eigenvalue weighted by molar-refractivity contribution is 0.482. The van der Waals surface area contributed by atoms with E-state index in [-0.39, 0.29) is 0 Å². The van der Waals surface area contributed by atoms with Crippen molar-refractivity contribution >= 4 is 0 Å². The molecule has 0 aromatic rings. The number of hydrogen-bond acceptors (Lipinski definition) is 0. The second-order valence-corrected chi connectivity index (χ2v) is 3.62. The van der Waals surface area contributed by atoms with Gasteiger partial charge in [0.1, 0.15) is 0 Å². The lowest BCUT2D eigenvalue weighted by Crippen LogP contribution is -2.07. The van der Waals surface area contributed by atoms with Crippen molar-refractivity contribution in [2.45, 2.75) is 57.8 Å². The van der Waals surface area contributed by atoms with E-state index in [1.54, 1.807) is 0 Å². The third-order valence-electron chi connectivity index (χ3n) is 2.59. The Bertz CT molecular complexity index is 82.0. The molecule has 0 nitrogen and oxygen atoms in total. The molecule has 0 aromatic heterocycles. The third-order valence-corrected chi connectivity index (χ3v) is 2.59. The SMILES string of the molecule is [CH2]CCCCCC[C]1CCC1. The Morgan fingerprint density at radius 1 is 1.00 bits per heavy atom. The van der Waals surface area contributed by atoms with Crippen LogP contribution in [0.2, 0.25) is 0 Å². The van der Waals surface area contributed by atoms with Crippen LogP contribution in [0.5, 0.6) is 0 Å². The smallest absolute Gasteiger partial charge is 0.0241 e. The van der Waals surface area contributed by atoms with Gasteiger partial charge >= 0.3 is 0 Å². The fourth-order valence-corrected chi connectivity index (χ4v) is 1.58. The van der Waals surface area contributed by atoms with Gasteiger partial charge in [-0.05, 0) is 25.2 Å². The molecule has 1 aliphatic carbocycles. The van der Waals surface area contributed by atoms with Crippen molar-refractivity contribution < 1.29 is 0 Å². The van der Waals surface area contributed by atoms with Crippen LogP contribution in [0.15, 0.2) is 0 Å². The Labute approximate surface area is 71.4 Å². The summed E-state index contributed by atoms with van der Waals surface area (Å²) in [5.41, 5.74) is 0. The Morgan fingerprint density at radius 2 is 1.73 bits per heavy atom. The van der Waals surface area contributed by atoms with Gasteiger partial charge in [0.05, 0.1) is 0 Å². The Kier molecular flexibility index (Phi) is 4.65. The van der Waals surface area contributed by atoms with Gasteiger partial charge in [-0.15, -0.1) is 0 Å². The van der Waals surface area contributed by atoms with Gasteiger partial charge < -0.3 is 0 Å². The van der Waals surface area contributed by atoms with Crippen molar-refractivity contribution in [3.8, 4) is 0 Å². The van der Waals surface area contributed by atoms with E-state index in [4.69, 9.17) is 0 Å². The molecule has 2 radical (unpaired) electrons. The van der Waals surface area contributed by atoms with Crippen molar-refractivity contribution in [1.29, 1.82) is 0 Å². The average molecular weight is 152 g/mol. The van der Waals surface area contributed by atoms with Crippen LogP contribution in [0.3, 0.4) is 0 Å². The van der Waals surface area contributed by atoms with E-state index in [1.807, 2.05) is 5.92 Å². The van der Waals surface area contributed by atoms with E-state index in [0.717, 1.165) is 6.42 Å². The van der Waals surface area contributed by atoms with E-state index < -0.39 is 0 Å². The first-order valence-electron chi connectivity index (χ1n) is 5.06. The lowest BCUT2D eigenvalue weighted by Gasteiger charge is -2.24. The molecule has 64 valence electrons. The molecular weight excluding hydrogens is 132 g/mol. The van der Waals surface area contributed by atoms with Crippen LogP contribution in [0.25, 0.3) is 0 Å². The zero-order valence-corrected chi connectivity index (χ0v) is 7.57. The predicted molar refractivity (Wildman–Crippen MR) is 50.2 cm³/mol. The van der Waals surface area contributed by atoms with Gasteiger partial charge in [-0.1, -0.05) is 45.4 Å². The minimum atomic E-state index is 1.12. The standard InChI is InChI=1S/C11H20/c1-2-3-4-5-6-8-11-9-7-10-11/h1-10H2. The lowest BCUT2D eigenvalue weighted by atomic mass is 9.82. The van der Waals surface area contributed by atoms with Gasteiger partial charge in [0, 0.05) is 0 Å². The summed E-state index contributed by atoms with van der Waals surface area (Å²) < 4.78 is 0. The molecule has 1 fully saturated rings. The van der Waals surface area contributed by atoms with Crippen LogP contribution in [0.4, 0.5) is 0 Å². The summed E-state index contributed by atoms with van der Waals surface area (Å²) in [6.45, 7) is 3.84. The summed E-state index contributed by atoms with van der Waals surface area (Å²) in [6, 6.07) is 0. The first kappa shape index (κ1) is 9.09. The zero-order valence-electron chi connectivity index (χ0n) is 7.57. The molecule has 0 N–H and O–H groups in total. The Hall–Kier alpha value is 0. The molecule has 0 heteroatoms. The van der Waals surface area contributed by atoms with Crippen molar-refractivity contribution in [1.82, 2.24) is 0 Å². The second kappa shape index (κ2) is 5.62. The summed E-state index contributed by atoms with van der Waals surface area (Å²) in [7, 11) is 0. The first-order chi connectivity index (χ1) is 5.43. The summed E-state index contributed by atoms with van der Waals surface area (Å²) in [5, 5.41) is 0. The zero-order chi connectivity index (χ0) is 7.94. The maximum atomic E-state index is 3.84. The van der Waals surface area contributed by atoms with Crippen LogP contribution in [-0.4, -0.2) is 0 Å². The van der Waals surface area contributed by atoms with E-state index in [1.165, 1.54) is 51.4 Å². The molecule has 0 heterocycles. The van der Waals surface area contributed by atoms with E-state index in [2.05, 4.69) is 6.92 Å². The normalized spacial score (nSPS) is 18.3. The summed E-state index contributed by atoms with van der Waals surface area (Å²) in [5.74, 6) is 1.83. The number of rotatable bonds is 6. The Balaban J connectivity index is 1.73. The maximum absolute atomic E-state index is 3.84. The van der Waals surface area contributed by atoms with Gasteiger partial charge in [0.25, 0.3) is 0 Å². The number of unbranched alkanes of at least 4 members (excludes halogenated alkanes) is 4. The number of hydrogen-bond donors (Lipinski definition) is 0. The van der Waals surface area contributed by atoms with Gasteiger partial charge in [0.15, 0.2) is 0 Å². The van der Waals surface area contributed by atoms with Crippen molar-refractivity contribution in [3.63, 3.8) is 0 Å². The summed E-state index contributed by atoms with van der Waals surface area (Å²) in [4.78, 5) is 0. The topological polar surface area (TPSA) is 0 Å². The molecule has 0 amide bonds. The predicted octanol–water partition coefficient (Wildman–Crippen LogP) is 3.92. The second-order valence-electron chi connectivity index (χ2n) is 3.62. The van der Waals surface area contributed by atoms with Crippen molar-refractivity contribution in [2.75, 3.05) is 0 Å². The quantitative estimate of drug-likeness (QED) is 0.506. The molecule has 0 aromatic carbocycles. The Morgan fingerprint density at radius 3 is 2.27 bits per heavy atom. The summed E-state index contributed by atoms with van der Waals surface area (Å²) >= 11 is 0. The highest BCUT2D eigenvalue weighted by molar-refractivity contribution is 4.97. The minimum absolute atomic E-state index is 1.12. The molecule has 0 bridgehead atoms. The van der Waals surface area contributed by atoms with Crippen LogP contribution in [-0.2, 0) is 0 Å². The van der Waals surface area contributed by atoms with E-state index in [9.17, 15) is 0 Å². The molecule has 0 atom stereocenters. The van der Waals surface area contributed by atoms with Crippen LogP contribution >= 0.6 is 0 Å². The molecule has 0 aliphatic heterocycles. The van der Waals surface area contributed by atoms with Crippen LogP contribution < -0.4 is 0 Å². The fourth-order valence-electron chi connectivity index (χ4n) is 1.58. The molecule has 0 unspecified atom stereocenters. The highest BCUT2D eigenvalue weighted by Crippen LogP contribution is 2.33. The van der Waals surface area contributed by atoms with Gasteiger partial charge in [-0.25, -0.2) is 0 Å². The molecule has 1 saturated carbocycles. The van der Waals surface area contributed by atoms with Crippen molar-refractivity contribution in [2.24, 2.45) is 0 Å². The molecule has 0 spiro atoms. The highest BCUT2D eigenvalue weighted by Gasteiger charge is 2.16. The van der Waals surface area contributed by atoms with E-state index >= 15 is 0 Å². The highest BCUT2D eigenvalue weighted by atomic mass is 14.2. The van der Waals surface area contributed by atoms with Crippen molar-refractivity contribution in [3.05, 3.63) is 12.8 Å². The first-order valence-corrected chi connectivity index (χ1v) is 5.06. The van der Waals surface area contributed by atoms with Gasteiger partial charge in [0.2, 0.25) is 0 Å². The molecule has 1 aliphatic rings.